The molecule has 0 nitrogen and oxygen atoms in total. The van der Waals surface area contributed by atoms with Crippen LogP contribution in [0.1, 0.15) is 47.1 Å². The zero-order valence-corrected chi connectivity index (χ0v) is 14.7. The number of allylic oxidation sites excluding steroid dienone is 4. The Kier molecular flexibility index (Phi) is 5.30. The summed E-state index contributed by atoms with van der Waals surface area (Å²) in [6.07, 6.45) is 9.42. The molecule has 0 N–H and O–H groups in total. The van der Waals surface area contributed by atoms with Gasteiger partial charge in [-0.3, -0.25) is 0 Å². The molecule has 0 radical (unpaired) electrons. The molecule has 0 bridgehead atoms. The van der Waals surface area contributed by atoms with Crippen molar-refractivity contribution in [1.29, 1.82) is 0 Å². The third-order valence-electron chi connectivity index (χ3n) is 4.64. The van der Waals surface area contributed by atoms with Gasteiger partial charge in [0.2, 0.25) is 0 Å². The molecule has 0 heterocycles. The fourth-order valence-corrected chi connectivity index (χ4v) is 3.50. The van der Waals surface area contributed by atoms with Crippen LogP contribution in [-0.4, -0.2) is 0 Å². The van der Waals surface area contributed by atoms with Crippen molar-refractivity contribution in [1.82, 2.24) is 0 Å². The molecule has 0 spiro atoms. The fourth-order valence-electron chi connectivity index (χ4n) is 3.50. The monoisotopic (exact) mass is 274 g/mol. The van der Waals surface area contributed by atoms with Crippen molar-refractivity contribution in [2.45, 2.75) is 41.5 Å². The average molecular weight is 274 g/mol. The van der Waals surface area contributed by atoms with Gasteiger partial charge in [0, 0.05) is 0 Å². The van der Waals surface area contributed by atoms with Gasteiger partial charge in [0.15, 0.2) is 0 Å². The smallest absolute Gasteiger partial charge is 0.136 e. The number of benzene rings is 1. The summed E-state index contributed by atoms with van der Waals surface area (Å²) in [6.45, 7) is 14.0. The zero-order chi connectivity index (χ0) is 15.0. The van der Waals surface area contributed by atoms with Gasteiger partial charge in [0.1, 0.15) is 0 Å². The average Bonchev–Trinajstić information content (AvgIpc) is 2.37. The molecule has 0 unspecified atom stereocenters. The first-order chi connectivity index (χ1) is 9.17. The molecule has 0 amide bonds. The van der Waals surface area contributed by atoms with Crippen LogP contribution in [-0.2, 0) is 0 Å². The minimum absolute atomic E-state index is 0. The molecule has 108 valence electrons. The van der Waals surface area contributed by atoms with Crippen LogP contribution in [0.15, 0.2) is 54.6 Å². The first kappa shape index (κ1) is 18.2. The molecule has 0 aliphatic heterocycles. The summed E-state index contributed by atoms with van der Waals surface area (Å²) >= 11 is 0. The van der Waals surface area contributed by atoms with E-state index in [2.05, 4.69) is 96.2 Å². The fraction of sp³-hybridized carbons (Fsp3) is 0.450. The molecule has 0 saturated heterocycles. The van der Waals surface area contributed by atoms with E-state index in [4.69, 9.17) is 0 Å². The minimum atomic E-state index is 0. The van der Waals surface area contributed by atoms with E-state index in [1.165, 1.54) is 11.5 Å². The van der Waals surface area contributed by atoms with Gasteiger partial charge in [0.05, 0.1) is 0 Å². The Morgan fingerprint density at radius 2 is 1.19 bits per heavy atom. The third-order valence-corrected chi connectivity index (χ3v) is 4.64. The molecule has 1 aliphatic carbocycles. The molecule has 21 heavy (non-hydrogen) atoms. The Bertz CT molecular complexity index is 479. The number of rotatable bonds is 1. The standard InChI is InChI=1S/C20H27.Li/c1-18(2,3)20(19(4,5)6)14-12-17(13-15-20)16-10-8-7-9-11-16;/h7-15H,1-6H3;/q-1;+1. The van der Waals surface area contributed by atoms with Crippen LogP contribution in [0.25, 0.3) is 0 Å². The molecule has 0 aromatic heterocycles. The van der Waals surface area contributed by atoms with Gasteiger partial charge in [-0.15, -0.1) is 42.0 Å². The second kappa shape index (κ2) is 6.11. The molecule has 0 fully saturated rings. The third kappa shape index (κ3) is 3.33. The molecule has 1 aromatic carbocycles. The van der Waals surface area contributed by atoms with Gasteiger partial charge in [-0.2, -0.15) is 0 Å². The summed E-state index contributed by atoms with van der Waals surface area (Å²) in [7, 11) is 0. The first-order valence-corrected chi connectivity index (χ1v) is 7.48. The van der Waals surface area contributed by atoms with Gasteiger partial charge >= 0.3 is 18.9 Å². The Hall–Kier alpha value is -0.833. The predicted octanol–water partition coefficient (Wildman–Crippen LogP) is 2.82. The van der Waals surface area contributed by atoms with E-state index >= 15 is 0 Å². The molecule has 1 aliphatic rings. The van der Waals surface area contributed by atoms with Gasteiger partial charge in [-0.05, 0) is 16.2 Å². The quantitative estimate of drug-likeness (QED) is 0.546. The summed E-state index contributed by atoms with van der Waals surface area (Å²) in [5.74, 6) is 1.30. The van der Waals surface area contributed by atoms with Crippen LogP contribution >= 0.6 is 0 Å². The van der Waals surface area contributed by atoms with Crippen LogP contribution in [0.4, 0.5) is 0 Å². The van der Waals surface area contributed by atoms with Crippen LogP contribution in [0.5, 0.6) is 0 Å². The SMILES string of the molecule is CC(C)(C)C1(C(C)(C)C)C=C[C-](c2ccccc2)C=C1.[Li+]. The summed E-state index contributed by atoms with van der Waals surface area (Å²) < 4.78 is 0. The van der Waals surface area contributed by atoms with E-state index in [1.54, 1.807) is 0 Å². The van der Waals surface area contributed by atoms with Gasteiger partial charge < -0.3 is 0 Å². The Labute approximate surface area is 142 Å². The van der Waals surface area contributed by atoms with Crippen molar-refractivity contribution >= 4 is 0 Å². The zero-order valence-electron chi connectivity index (χ0n) is 14.7. The van der Waals surface area contributed by atoms with E-state index in [0.29, 0.717) is 0 Å². The molecule has 0 atom stereocenters. The van der Waals surface area contributed by atoms with Crippen molar-refractivity contribution in [2.75, 3.05) is 0 Å². The second-order valence-electron chi connectivity index (χ2n) is 7.86. The topological polar surface area (TPSA) is 0 Å². The molecule has 1 heteroatoms. The summed E-state index contributed by atoms with van der Waals surface area (Å²) in [6, 6.07) is 10.6. The summed E-state index contributed by atoms with van der Waals surface area (Å²) in [4.78, 5) is 0. The van der Waals surface area contributed by atoms with E-state index in [0.717, 1.165) is 0 Å². The maximum Gasteiger partial charge on any atom is 1.00 e. The van der Waals surface area contributed by atoms with E-state index < -0.39 is 0 Å². The van der Waals surface area contributed by atoms with Crippen molar-refractivity contribution in [2.24, 2.45) is 16.2 Å². The van der Waals surface area contributed by atoms with Crippen molar-refractivity contribution in [3.8, 4) is 0 Å². The van der Waals surface area contributed by atoms with Gasteiger partial charge in [-0.1, -0.05) is 65.7 Å². The summed E-state index contributed by atoms with van der Waals surface area (Å²) in [5.41, 5.74) is 1.76. The summed E-state index contributed by atoms with van der Waals surface area (Å²) in [5, 5.41) is 0. The van der Waals surface area contributed by atoms with Crippen LogP contribution in [0, 0.1) is 22.2 Å². The van der Waals surface area contributed by atoms with Gasteiger partial charge in [0.25, 0.3) is 0 Å². The Morgan fingerprint density at radius 3 is 1.57 bits per heavy atom. The second-order valence-corrected chi connectivity index (χ2v) is 7.86. The van der Waals surface area contributed by atoms with Gasteiger partial charge in [-0.25, -0.2) is 0 Å². The normalized spacial score (nSPS) is 17.5. The molecular weight excluding hydrogens is 247 g/mol. The first-order valence-electron chi connectivity index (χ1n) is 7.48. The minimum Gasteiger partial charge on any atom is -0.136 e. The molecule has 2 rings (SSSR count). The maximum atomic E-state index is 2.41. The van der Waals surface area contributed by atoms with E-state index in [9.17, 15) is 0 Å². The predicted molar refractivity (Wildman–Crippen MR) is 88.4 cm³/mol. The Balaban J connectivity index is 0.00000220. The van der Waals surface area contributed by atoms with Crippen molar-refractivity contribution < 1.29 is 18.9 Å². The van der Waals surface area contributed by atoms with Crippen LogP contribution in [0.2, 0.25) is 0 Å². The number of hydrogen-bond acceptors (Lipinski definition) is 0. The van der Waals surface area contributed by atoms with Crippen LogP contribution in [0.3, 0.4) is 0 Å². The number of hydrogen-bond donors (Lipinski definition) is 0. The molecule has 0 saturated carbocycles. The van der Waals surface area contributed by atoms with Crippen molar-refractivity contribution in [3.05, 3.63) is 66.1 Å². The van der Waals surface area contributed by atoms with Crippen molar-refractivity contribution in [3.63, 3.8) is 0 Å². The molecule has 1 aromatic rings. The van der Waals surface area contributed by atoms with Crippen LogP contribution < -0.4 is 18.9 Å². The van der Waals surface area contributed by atoms with E-state index in [-0.39, 0.29) is 35.1 Å². The molecular formula is C20H27Li. The maximum absolute atomic E-state index is 2.41. The van der Waals surface area contributed by atoms with E-state index in [1.807, 2.05) is 0 Å². The Morgan fingerprint density at radius 1 is 0.762 bits per heavy atom. The largest absolute Gasteiger partial charge is 1.00 e.